The lowest BCUT2D eigenvalue weighted by atomic mass is 10.1. The van der Waals surface area contributed by atoms with Crippen LogP contribution < -0.4 is 5.73 Å². The van der Waals surface area contributed by atoms with Crippen molar-refractivity contribution in [1.82, 2.24) is 9.80 Å². The molecule has 1 aliphatic heterocycles. The van der Waals surface area contributed by atoms with E-state index in [-0.39, 0.29) is 0 Å². The Morgan fingerprint density at radius 3 is 2.67 bits per heavy atom. The minimum Gasteiger partial charge on any atom is -0.399 e. The Balaban J connectivity index is 1.76. The molecule has 2 N–H and O–H groups in total. The van der Waals surface area contributed by atoms with Crippen molar-refractivity contribution in [3.8, 4) is 0 Å². The molecule has 100 valence electrons. The maximum atomic E-state index is 5.99. The molecular weight excluding hydrogens is 290 g/mol. The van der Waals surface area contributed by atoms with Gasteiger partial charge in [0.25, 0.3) is 0 Å². The van der Waals surface area contributed by atoms with Gasteiger partial charge in [-0.15, -0.1) is 0 Å². The fourth-order valence-corrected chi connectivity index (χ4v) is 2.76. The molecule has 0 amide bonds. The number of aryl methyl sites for hydroxylation is 1. The molecule has 0 spiro atoms. The number of nitrogens with zero attached hydrogens (tertiary/aromatic N) is 2. The number of hydrogen-bond donors (Lipinski definition) is 1. The summed E-state index contributed by atoms with van der Waals surface area (Å²) in [6, 6.07) is 6.12. The lowest BCUT2D eigenvalue weighted by molar-refractivity contribution is 0.153. The van der Waals surface area contributed by atoms with E-state index in [0.29, 0.717) is 0 Å². The number of anilines is 1. The number of rotatable bonds is 4. The molecule has 0 aliphatic carbocycles. The lowest BCUT2D eigenvalue weighted by Gasteiger charge is -2.32. The molecule has 3 nitrogen and oxygen atoms in total. The summed E-state index contributed by atoms with van der Waals surface area (Å²) in [7, 11) is 2.19. The summed E-state index contributed by atoms with van der Waals surface area (Å²) >= 11 is 3.50. The highest BCUT2D eigenvalue weighted by Crippen LogP contribution is 2.19. The Bertz CT molecular complexity index is 387. The predicted molar refractivity (Wildman–Crippen MR) is 80.8 cm³/mol. The molecule has 0 aromatic heterocycles. The van der Waals surface area contributed by atoms with E-state index in [1.54, 1.807) is 0 Å². The Hall–Kier alpha value is -0.580. The van der Waals surface area contributed by atoms with Crippen LogP contribution in [0.25, 0.3) is 0 Å². The molecule has 1 heterocycles. The highest BCUT2D eigenvalue weighted by Gasteiger charge is 2.13. The van der Waals surface area contributed by atoms with Crippen molar-refractivity contribution < 1.29 is 0 Å². The molecule has 0 radical (unpaired) electrons. The largest absolute Gasteiger partial charge is 0.399 e. The van der Waals surface area contributed by atoms with Crippen molar-refractivity contribution >= 4 is 21.6 Å². The zero-order valence-electron chi connectivity index (χ0n) is 11.0. The van der Waals surface area contributed by atoms with Gasteiger partial charge in [-0.3, -0.25) is 0 Å². The van der Waals surface area contributed by atoms with Gasteiger partial charge in [0.15, 0.2) is 0 Å². The number of likely N-dealkylation sites (N-methyl/N-ethyl adjacent to an activating group) is 1. The average molecular weight is 312 g/mol. The van der Waals surface area contributed by atoms with Crippen LogP contribution in [0.3, 0.4) is 0 Å². The molecule has 1 fully saturated rings. The van der Waals surface area contributed by atoms with Gasteiger partial charge in [0.05, 0.1) is 0 Å². The second-order valence-corrected chi connectivity index (χ2v) is 6.01. The zero-order valence-corrected chi connectivity index (χ0v) is 12.6. The first-order chi connectivity index (χ1) is 8.65. The Morgan fingerprint density at radius 1 is 1.22 bits per heavy atom. The van der Waals surface area contributed by atoms with Crippen LogP contribution in [0.2, 0.25) is 0 Å². The normalized spacial score (nSPS) is 18.1. The first-order valence-corrected chi connectivity index (χ1v) is 7.39. The third-order valence-corrected chi connectivity index (χ3v) is 4.11. The van der Waals surface area contributed by atoms with Gasteiger partial charge in [-0.05, 0) is 50.2 Å². The smallest absolute Gasteiger partial charge is 0.0347 e. The summed E-state index contributed by atoms with van der Waals surface area (Å²) in [6.45, 7) is 5.97. The maximum absolute atomic E-state index is 5.99. The van der Waals surface area contributed by atoms with Gasteiger partial charge in [0, 0.05) is 36.3 Å². The first-order valence-electron chi connectivity index (χ1n) is 6.60. The van der Waals surface area contributed by atoms with Gasteiger partial charge in [-0.1, -0.05) is 15.9 Å². The van der Waals surface area contributed by atoms with E-state index < -0.39 is 0 Å². The molecular formula is C14H22BrN3. The highest BCUT2D eigenvalue weighted by atomic mass is 79.9. The molecule has 1 aliphatic rings. The number of nitrogens with two attached hydrogens (primary N) is 1. The summed E-state index contributed by atoms with van der Waals surface area (Å²) in [5.41, 5.74) is 8.16. The Kier molecular flexibility index (Phi) is 5.03. The van der Waals surface area contributed by atoms with Gasteiger partial charge < -0.3 is 15.5 Å². The lowest BCUT2D eigenvalue weighted by Crippen LogP contribution is -2.44. The predicted octanol–water partition coefficient (Wildman–Crippen LogP) is 2.21. The summed E-state index contributed by atoms with van der Waals surface area (Å²) in [5.74, 6) is 0. The number of halogens is 1. The van der Waals surface area contributed by atoms with Crippen LogP contribution in [0.1, 0.15) is 12.0 Å². The Labute approximate surface area is 118 Å². The summed E-state index contributed by atoms with van der Waals surface area (Å²) in [5, 5.41) is 0. The van der Waals surface area contributed by atoms with E-state index >= 15 is 0 Å². The van der Waals surface area contributed by atoms with E-state index in [0.717, 1.165) is 16.6 Å². The quantitative estimate of drug-likeness (QED) is 0.865. The zero-order chi connectivity index (χ0) is 13.0. The number of piperazine rings is 1. The van der Waals surface area contributed by atoms with Crippen LogP contribution in [0.5, 0.6) is 0 Å². The molecule has 0 bridgehead atoms. The van der Waals surface area contributed by atoms with E-state index in [1.807, 2.05) is 12.1 Å². The van der Waals surface area contributed by atoms with E-state index in [2.05, 4.69) is 38.8 Å². The molecule has 0 atom stereocenters. The van der Waals surface area contributed by atoms with Crippen LogP contribution >= 0.6 is 15.9 Å². The van der Waals surface area contributed by atoms with Crippen molar-refractivity contribution in [1.29, 1.82) is 0 Å². The van der Waals surface area contributed by atoms with Gasteiger partial charge >= 0.3 is 0 Å². The average Bonchev–Trinajstić information content (AvgIpc) is 2.36. The van der Waals surface area contributed by atoms with Crippen LogP contribution in [-0.2, 0) is 6.42 Å². The second kappa shape index (κ2) is 6.55. The molecule has 18 heavy (non-hydrogen) atoms. The van der Waals surface area contributed by atoms with Crippen molar-refractivity contribution in [2.75, 3.05) is 45.5 Å². The topological polar surface area (TPSA) is 32.5 Å². The summed E-state index contributed by atoms with van der Waals surface area (Å²) in [6.07, 6.45) is 2.25. The van der Waals surface area contributed by atoms with Gasteiger partial charge in [0.1, 0.15) is 0 Å². The first kappa shape index (κ1) is 13.8. The molecule has 4 heteroatoms. The molecule has 0 unspecified atom stereocenters. The van der Waals surface area contributed by atoms with Crippen molar-refractivity contribution in [3.05, 3.63) is 28.2 Å². The molecule has 1 aromatic carbocycles. The van der Waals surface area contributed by atoms with E-state index in [4.69, 9.17) is 5.73 Å². The molecule has 1 saturated heterocycles. The van der Waals surface area contributed by atoms with Gasteiger partial charge in [-0.2, -0.15) is 0 Å². The van der Waals surface area contributed by atoms with Crippen LogP contribution in [-0.4, -0.2) is 49.6 Å². The maximum Gasteiger partial charge on any atom is 0.0347 e. The van der Waals surface area contributed by atoms with E-state index in [1.165, 1.54) is 44.7 Å². The fraction of sp³-hybridized carbons (Fsp3) is 0.571. The summed E-state index contributed by atoms with van der Waals surface area (Å²) < 4.78 is 1.12. The van der Waals surface area contributed by atoms with Gasteiger partial charge in [-0.25, -0.2) is 0 Å². The highest BCUT2D eigenvalue weighted by molar-refractivity contribution is 9.10. The third kappa shape index (κ3) is 3.97. The molecule has 1 aromatic rings. The van der Waals surface area contributed by atoms with Crippen LogP contribution in [0.15, 0.2) is 22.7 Å². The third-order valence-electron chi connectivity index (χ3n) is 3.62. The monoisotopic (exact) mass is 311 g/mol. The number of benzene rings is 1. The van der Waals surface area contributed by atoms with Crippen LogP contribution in [0.4, 0.5) is 5.69 Å². The fourth-order valence-electron chi connectivity index (χ4n) is 2.36. The van der Waals surface area contributed by atoms with Crippen LogP contribution in [0, 0.1) is 0 Å². The minimum atomic E-state index is 0.913. The van der Waals surface area contributed by atoms with Crippen molar-refractivity contribution in [2.45, 2.75) is 12.8 Å². The van der Waals surface area contributed by atoms with Crippen molar-refractivity contribution in [3.63, 3.8) is 0 Å². The Morgan fingerprint density at radius 2 is 1.94 bits per heavy atom. The van der Waals surface area contributed by atoms with Crippen molar-refractivity contribution in [2.24, 2.45) is 0 Å². The number of nitrogen functional groups attached to an aromatic ring is 1. The minimum absolute atomic E-state index is 0.913. The van der Waals surface area contributed by atoms with Gasteiger partial charge in [0.2, 0.25) is 0 Å². The summed E-state index contributed by atoms with van der Waals surface area (Å²) in [4.78, 5) is 4.94. The number of hydrogen-bond acceptors (Lipinski definition) is 3. The molecule has 2 rings (SSSR count). The SMILES string of the molecule is CN1CCN(CCCc2cc(Br)ccc2N)CC1. The standard InChI is InChI=1S/C14H22BrN3/c1-17-7-9-18(10-8-17)6-2-3-12-11-13(15)4-5-14(12)16/h4-5,11H,2-3,6-10,16H2,1H3. The second-order valence-electron chi connectivity index (χ2n) is 5.09. The van der Waals surface area contributed by atoms with E-state index in [9.17, 15) is 0 Å². The molecule has 0 saturated carbocycles.